The van der Waals surface area contributed by atoms with Crippen LogP contribution in [0.15, 0.2) is 18.2 Å². The molecule has 0 unspecified atom stereocenters. The Labute approximate surface area is 151 Å². The van der Waals surface area contributed by atoms with Gasteiger partial charge < -0.3 is 20.2 Å². The van der Waals surface area contributed by atoms with Crippen molar-refractivity contribution in [3.63, 3.8) is 0 Å². The maximum Gasteiger partial charge on any atom is 0.322 e. The number of hydrogen-bond acceptors (Lipinski definition) is 4. The third kappa shape index (κ3) is 5.09. The van der Waals surface area contributed by atoms with E-state index in [9.17, 15) is 9.90 Å². The maximum atomic E-state index is 12.7. The van der Waals surface area contributed by atoms with Gasteiger partial charge in [0.15, 0.2) is 0 Å². The van der Waals surface area contributed by atoms with Crippen LogP contribution >= 0.6 is 0 Å². The van der Waals surface area contributed by atoms with E-state index in [1.54, 1.807) is 0 Å². The van der Waals surface area contributed by atoms with E-state index in [4.69, 9.17) is 0 Å². The number of benzene rings is 1. The normalized spacial score (nSPS) is 19.0. The zero-order valence-electron chi connectivity index (χ0n) is 16.3. The predicted octanol–water partition coefficient (Wildman–Crippen LogP) is 2.37. The molecule has 1 atom stereocenters. The van der Waals surface area contributed by atoms with Crippen molar-refractivity contribution >= 4 is 17.4 Å². The van der Waals surface area contributed by atoms with Crippen LogP contribution in [0.1, 0.15) is 26.3 Å². The van der Waals surface area contributed by atoms with E-state index in [2.05, 4.69) is 17.1 Å². The van der Waals surface area contributed by atoms with Crippen molar-refractivity contribution in [1.82, 2.24) is 9.80 Å². The van der Waals surface area contributed by atoms with Gasteiger partial charge in [0, 0.05) is 57.7 Å². The minimum Gasteiger partial charge on any atom is -0.389 e. The van der Waals surface area contributed by atoms with Crippen LogP contribution < -0.4 is 10.2 Å². The van der Waals surface area contributed by atoms with E-state index in [0.717, 1.165) is 30.0 Å². The minimum atomic E-state index is -0.714. The number of carbonyl (C=O) groups is 1. The fraction of sp³-hybridized carbons (Fsp3) is 0.632. The first kappa shape index (κ1) is 19.5. The van der Waals surface area contributed by atoms with E-state index < -0.39 is 5.60 Å². The molecule has 0 bridgehead atoms. The van der Waals surface area contributed by atoms with Crippen molar-refractivity contribution in [3.05, 3.63) is 23.8 Å². The summed E-state index contributed by atoms with van der Waals surface area (Å²) in [6.07, 6.45) is 0. The maximum absolute atomic E-state index is 12.7. The van der Waals surface area contributed by atoms with Crippen molar-refractivity contribution in [3.8, 4) is 0 Å². The average molecular weight is 348 g/mol. The second-order valence-corrected chi connectivity index (χ2v) is 7.86. The molecular weight excluding hydrogens is 316 g/mol. The Bertz CT molecular complexity index is 610. The topological polar surface area (TPSA) is 59.1 Å². The molecule has 0 radical (unpaired) electrons. The minimum absolute atomic E-state index is 0.0607. The molecule has 25 heavy (non-hydrogen) atoms. The number of nitrogens with zero attached hydrogens (tertiary/aromatic N) is 3. The van der Waals surface area contributed by atoms with Crippen LogP contribution in [-0.4, -0.2) is 72.9 Å². The Morgan fingerprint density at radius 2 is 2.04 bits per heavy atom. The van der Waals surface area contributed by atoms with E-state index >= 15 is 0 Å². The standard InChI is InChI=1S/C19H32N4O2/c1-14-12-22(13-19(3,4)25)10-11-23(14)18(24)20-16-8-7-9-17(15(16)2)21(5)6/h7-9,14,25H,10-13H2,1-6H3,(H,20,24)/t14-/m0/s1. The van der Waals surface area contributed by atoms with Crippen LogP contribution in [0.5, 0.6) is 0 Å². The van der Waals surface area contributed by atoms with Gasteiger partial charge in [-0.3, -0.25) is 4.90 Å². The molecule has 2 N–H and O–H groups in total. The van der Waals surface area contributed by atoms with Gasteiger partial charge in [-0.25, -0.2) is 4.79 Å². The highest BCUT2D eigenvalue weighted by atomic mass is 16.3. The van der Waals surface area contributed by atoms with Crippen molar-refractivity contribution < 1.29 is 9.90 Å². The van der Waals surface area contributed by atoms with Gasteiger partial charge in [-0.05, 0) is 45.4 Å². The molecule has 1 aliphatic rings. The molecular formula is C19H32N4O2. The van der Waals surface area contributed by atoms with Gasteiger partial charge >= 0.3 is 6.03 Å². The van der Waals surface area contributed by atoms with Crippen LogP contribution in [-0.2, 0) is 0 Å². The molecule has 0 spiro atoms. The number of rotatable bonds is 4. The summed E-state index contributed by atoms with van der Waals surface area (Å²) in [4.78, 5) is 18.9. The fourth-order valence-corrected chi connectivity index (χ4v) is 3.46. The van der Waals surface area contributed by atoms with Gasteiger partial charge in [0.05, 0.1) is 5.60 Å². The first-order valence-corrected chi connectivity index (χ1v) is 8.88. The van der Waals surface area contributed by atoms with Crippen molar-refractivity contribution in [2.45, 2.75) is 39.3 Å². The lowest BCUT2D eigenvalue weighted by atomic mass is 10.1. The van der Waals surface area contributed by atoms with E-state index in [-0.39, 0.29) is 12.1 Å². The summed E-state index contributed by atoms with van der Waals surface area (Å²) in [7, 11) is 4.00. The van der Waals surface area contributed by atoms with Gasteiger partial charge in [-0.1, -0.05) is 6.07 Å². The molecule has 1 aromatic rings. The van der Waals surface area contributed by atoms with E-state index in [1.165, 1.54) is 0 Å². The molecule has 1 fully saturated rings. The Kier molecular flexibility index (Phi) is 5.95. The van der Waals surface area contributed by atoms with Gasteiger partial charge in [0.2, 0.25) is 0 Å². The van der Waals surface area contributed by atoms with Gasteiger partial charge in [-0.15, -0.1) is 0 Å². The number of β-amino-alcohol motifs (C(OH)–C–C–N with tert-alkyl or cyclic N) is 1. The number of carbonyl (C=O) groups excluding carboxylic acids is 1. The van der Waals surface area contributed by atoms with Crippen LogP contribution in [0.25, 0.3) is 0 Å². The van der Waals surface area contributed by atoms with Gasteiger partial charge in [-0.2, -0.15) is 0 Å². The summed E-state index contributed by atoms with van der Waals surface area (Å²) in [5, 5.41) is 13.0. The molecule has 1 heterocycles. The molecule has 1 aliphatic heterocycles. The number of amides is 2. The molecule has 2 amide bonds. The summed E-state index contributed by atoms with van der Waals surface area (Å²) in [6, 6.07) is 5.99. The average Bonchev–Trinajstić information content (AvgIpc) is 2.47. The third-order valence-corrected chi connectivity index (χ3v) is 4.61. The molecule has 1 saturated heterocycles. The van der Waals surface area contributed by atoms with Crippen LogP contribution in [0, 0.1) is 6.92 Å². The van der Waals surface area contributed by atoms with Crippen LogP contribution in [0.4, 0.5) is 16.2 Å². The number of piperazine rings is 1. The highest BCUT2D eigenvalue weighted by Gasteiger charge is 2.30. The second kappa shape index (κ2) is 7.62. The second-order valence-electron chi connectivity index (χ2n) is 7.86. The summed E-state index contributed by atoms with van der Waals surface area (Å²) < 4.78 is 0. The van der Waals surface area contributed by atoms with Crippen LogP contribution in [0.2, 0.25) is 0 Å². The van der Waals surface area contributed by atoms with Crippen molar-refractivity contribution in [2.75, 3.05) is 50.5 Å². The molecule has 0 saturated carbocycles. The largest absolute Gasteiger partial charge is 0.389 e. The Morgan fingerprint density at radius 3 is 2.60 bits per heavy atom. The lowest BCUT2D eigenvalue weighted by molar-refractivity contribution is 0.0130. The molecule has 0 aliphatic carbocycles. The predicted molar refractivity (Wildman–Crippen MR) is 103 cm³/mol. The molecule has 6 nitrogen and oxygen atoms in total. The van der Waals surface area contributed by atoms with Gasteiger partial charge in [0.25, 0.3) is 0 Å². The number of nitrogens with one attached hydrogen (secondary N) is 1. The van der Waals surface area contributed by atoms with Gasteiger partial charge in [0.1, 0.15) is 0 Å². The Balaban J connectivity index is 2.02. The molecule has 2 rings (SSSR count). The molecule has 6 heteroatoms. The Hall–Kier alpha value is -1.79. The van der Waals surface area contributed by atoms with E-state index in [1.807, 2.05) is 62.9 Å². The smallest absolute Gasteiger partial charge is 0.322 e. The highest BCUT2D eigenvalue weighted by Crippen LogP contribution is 2.26. The number of anilines is 2. The monoisotopic (exact) mass is 348 g/mol. The lowest BCUT2D eigenvalue weighted by Crippen LogP contribution is -2.57. The molecule has 0 aromatic heterocycles. The number of urea groups is 1. The highest BCUT2D eigenvalue weighted by molar-refractivity contribution is 5.91. The van der Waals surface area contributed by atoms with Crippen LogP contribution in [0.3, 0.4) is 0 Å². The summed E-state index contributed by atoms with van der Waals surface area (Å²) >= 11 is 0. The number of aliphatic hydroxyl groups is 1. The summed E-state index contributed by atoms with van der Waals surface area (Å²) in [5.74, 6) is 0. The quantitative estimate of drug-likeness (QED) is 0.877. The summed E-state index contributed by atoms with van der Waals surface area (Å²) in [5.41, 5.74) is 2.30. The number of hydrogen-bond donors (Lipinski definition) is 2. The van der Waals surface area contributed by atoms with Crippen molar-refractivity contribution in [2.24, 2.45) is 0 Å². The fourth-order valence-electron chi connectivity index (χ4n) is 3.46. The SMILES string of the molecule is Cc1c(NC(=O)N2CCN(CC(C)(C)O)C[C@@H]2C)cccc1N(C)C. The molecule has 140 valence electrons. The zero-order chi connectivity index (χ0) is 18.8. The first-order valence-electron chi connectivity index (χ1n) is 8.88. The third-order valence-electron chi connectivity index (χ3n) is 4.61. The lowest BCUT2D eigenvalue weighted by Gasteiger charge is -2.41. The zero-order valence-corrected chi connectivity index (χ0v) is 16.3. The molecule has 1 aromatic carbocycles. The Morgan fingerprint density at radius 1 is 1.36 bits per heavy atom. The summed E-state index contributed by atoms with van der Waals surface area (Å²) in [6.45, 7) is 10.5. The van der Waals surface area contributed by atoms with Crippen molar-refractivity contribution in [1.29, 1.82) is 0 Å². The first-order chi connectivity index (χ1) is 11.6. The van der Waals surface area contributed by atoms with E-state index in [0.29, 0.717) is 13.1 Å².